The summed E-state index contributed by atoms with van der Waals surface area (Å²) >= 11 is 15.4. The number of carbonyl (C=O) groups is 4. The van der Waals surface area contributed by atoms with Gasteiger partial charge in [0.15, 0.2) is 0 Å². The number of amides is 2. The Bertz CT molecular complexity index is 691. The lowest BCUT2D eigenvalue weighted by molar-refractivity contribution is -0.143. The maximum Gasteiger partial charge on any atom is 0.408 e. The Morgan fingerprint density at radius 1 is 0.744 bits per heavy atom. The molecule has 0 bridgehead atoms. The highest BCUT2D eigenvalue weighted by molar-refractivity contribution is 9.09. The summed E-state index contributed by atoms with van der Waals surface area (Å²) in [5.74, 6) is 0.535. The van der Waals surface area contributed by atoms with Crippen LogP contribution in [0.5, 0.6) is 0 Å². The van der Waals surface area contributed by atoms with E-state index in [4.69, 9.17) is 9.47 Å². The number of thiol groups is 1. The molecule has 0 saturated carbocycles. The van der Waals surface area contributed by atoms with Crippen molar-refractivity contribution in [3.05, 3.63) is 0 Å². The number of rotatable bonds is 12. The molecule has 0 aliphatic heterocycles. The first-order valence-electron chi connectivity index (χ1n) is 12.0. The van der Waals surface area contributed by atoms with Gasteiger partial charge in [-0.1, -0.05) is 47.8 Å². The minimum absolute atomic E-state index is 0.159. The first kappa shape index (κ1) is 43.1. The molecule has 2 amide bonds. The van der Waals surface area contributed by atoms with E-state index in [2.05, 4.69) is 80.5 Å². The largest absolute Gasteiger partial charge is 0.467 e. The molecule has 0 aliphatic carbocycles. The summed E-state index contributed by atoms with van der Waals surface area (Å²) in [4.78, 5) is 45.6. The zero-order valence-electron chi connectivity index (χ0n) is 24.1. The molecule has 2 atom stereocenters. The van der Waals surface area contributed by atoms with Crippen molar-refractivity contribution in [2.45, 2.75) is 77.7 Å². The number of ether oxygens (including phenoxy) is 4. The summed E-state index contributed by atoms with van der Waals surface area (Å²) in [5, 5.41) is 8.03. The van der Waals surface area contributed by atoms with E-state index in [0.717, 1.165) is 28.2 Å². The minimum atomic E-state index is -0.784. The van der Waals surface area contributed by atoms with Crippen LogP contribution in [0, 0.1) is 0 Å². The number of halogens is 3. The first-order valence-corrected chi connectivity index (χ1v) is 17.2. The molecule has 0 rings (SSSR count). The fourth-order valence-corrected chi connectivity index (χ4v) is 5.12. The van der Waals surface area contributed by atoms with Gasteiger partial charge in [-0.05, 0) is 60.1 Å². The van der Waals surface area contributed by atoms with Crippen molar-refractivity contribution in [2.24, 2.45) is 0 Å². The van der Waals surface area contributed by atoms with Crippen molar-refractivity contribution in [2.75, 3.05) is 47.5 Å². The summed E-state index contributed by atoms with van der Waals surface area (Å²) in [7, 11) is 2.55. The lowest BCUT2D eigenvalue weighted by Crippen LogP contribution is -2.45. The molecule has 0 aromatic rings. The molecular weight excluding hydrogens is 748 g/mol. The molecule has 0 fully saturated rings. The summed E-state index contributed by atoms with van der Waals surface area (Å²) in [6.07, 6.45) is 0.960. The van der Waals surface area contributed by atoms with Crippen molar-refractivity contribution in [1.82, 2.24) is 10.6 Å². The molecule has 0 heterocycles. The van der Waals surface area contributed by atoms with Crippen LogP contribution < -0.4 is 10.6 Å². The molecule has 0 aliphatic rings. The average molecular weight is 793 g/mol. The normalized spacial score (nSPS) is 12.2. The Kier molecular flexibility index (Phi) is 28.0. The van der Waals surface area contributed by atoms with Crippen LogP contribution in [-0.4, -0.2) is 94.9 Å². The van der Waals surface area contributed by atoms with Gasteiger partial charge in [-0.15, -0.1) is 0 Å². The second-order valence-electron chi connectivity index (χ2n) is 9.48. The van der Waals surface area contributed by atoms with Crippen molar-refractivity contribution >= 4 is 96.3 Å². The molecule has 0 saturated heterocycles. The van der Waals surface area contributed by atoms with Crippen molar-refractivity contribution in [3.63, 3.8) is 0 Å². The number of hydrogen-bond donors (Lipinski definition) is 3. The van der Waals surface area contributed by atoms with Crippen LogP contribution in [-0.2, 0) is 28.5 Å². The molecular formula is C24H45Br3N2O8S2. The van der Waals surface area contributed by atoms with Gasteiger partial charge in [0.1, 0.15) is 23.3 Å². The number of esters is 2. The smallest absolute Gasteiger partial charge is 0.408 e. The van der Waals surface area contributed by atoms with Crippen LogP contribution in [0.2, 0.25) is 0 Å². The third-order valence-corrected chi connectivity index (χ3v) is 6.70. The predicted octanol–water partition coefficient (Wildman–Crippen LogP) is 5.72. The second-order valence-corrected chi connectivity index (χ2v) is 13.4. The van der Waals surface area contributed by atoms with Crippen LogP contribution in [0.1, 0.15) is 54.4 Å². The standard InChI is InChI=1S/C12H22BrNO4S.C9H17NO4S.C3H6Br2/c1-12(2,3)18-11(16)14-9(10(15)17-4)8-19-7-5-6-13;1-9(2,3)14-8(12)10-6(5-15)7(11)13-4;4-2-1-3-5/h9H,5-8H2,1-4H3,(H,14,16);6,15H,5H2,1-4H3,(H,10,12);1-3H2/t9-;6-;/m00./s1. The quantitative estimate of drug-likeness (QED) is 0.0748. The predicted molar refractivity (Wildman–Crippen MR) is 172 cm³/mol. The van der Waals surface area contributed by atoms with Crippen LogP contribution in [0.15, 0.2) is 0 Å². The van der Waals surface area contributed by atoms with Gasteiger partial charge in [-0.2, -0.15) is 24.4 Å². The van der Waals surface area contributed by atoms with Gasteiger partial charge in [0.2, 0.25) is 0 Å². The molecule has 0 aromatic heterocycles. The van der Waals surface area contributed by atoms with E-state index < -0.39 is 47.4 Å². The molecule has 0 unspecified atom stereocenters. The van der Waals surface area contributed by atoms with Gasteiger partial charge >= 0.3 is 24.1 Å². The maximum absolute atomic E-state index is 11.6. The monoisotopic (exact) mass is 790 g/mol. The van der Waals surface area contributed by atoms with Gasteiger partial charge in [0.05, 0.1) is 14.2 Å². The fourth-order valence-electron chi connectivity index (χ4n) is 1.94. The second kappa shape index (κ2) is 25.3. The lowest BCUT2D eigenvalue weighted by Gasteiger charge is -2.22. The number of nitrogens with one attached hydrogen (secondary N) is 2. The van der Waals surface area contributed by atoms with Crippen molar-refractivity contribution in [1.29, 1.82) is 0 Å². The Morgan fingerprint density at radius 2 is 1.13 bits per heavy atom. The van der Waals surface area contributed by atoms with E-state index >= 15 is 0 Å². The number of carbonyl (C=O) groups excluding carboxylic acids is 4. The Labute approximate surface area is 268 Å². The first-order chi connectivity index (χ1) is 18.0. The van der Waals surface area contributed by atoms with Crippen LogP contribution in [0.3, 0.4) is 0 Å². The fraction of sp³-hybridized carbons (Fsp3) is 0.833. The molecule has 39 heavy (non-hydrogen) atoms. The van der Waals surface area contributed by atoms with Gasteiger partial charge in [-0.25, -0.2) is 19.2 Å². The summed E-state index contributed by atoms with van der Waals surface area (Å²) < 4.78 is 19.2. The SMILES string of the molecule is BrCCCBr.COC(=O)[C@H](CS)NC(=O)OC(C)(C)C.COC(=O)[C@H](CSCCCBr)NC(=O)OC(C)(C)C. The number of methoxy groups -OCH3 is 2. The van der Waals surface area contributed by atoms with Gasteiger partial charge in [0.25, 0.3) is 0 Å². The van der Waals surface area contributed by atoms with Gasteiger partial charge in [0, 0.05) is 27.5 Å². The Hall–Kier alpha value is -0.380. The number of thioether (sulfide) groups is 1. The molecule has 0 spiro atoms. The third-order valence-electron chi connectivity index (χ3n) is 3.51. The molecule has 0 radical (unpaired) electrons. The van der Waals surface area contributed by atoms with E-state index in [1.54, 1.807) is 53.3 Å². The van der Waals surface area contributed by atoms with Crippen LogP contribution in [0.4, 0.5) is 9.59 Å². The zero-order chi connectivity index (χ0) is 31.1. The minimum Gasteiger partial charge on any atom is -0.467 e. The zero-order valence-corrected chi connectivity index (χ0v) is 30.5. The van der Waals surface area contributed by atoms with E-state index in [0.29, 0.717) is 5.75 Å². The maximum atomic E-state index is 11.6. The van der Waals surface area contributed by atoms with Crippen LogP contribution in [0.25, 0.3) is 0 Å². The highest BCUT2D eigenvalue weighted by Crippen LogP contribution is 2.10. The molecule has 0 aromatic carbocycles. The number of alkyl halides is 3. The highest BCUT2D eigenvalue weighted by Gasteiger charge is 2.25. The van der Waals surface area contributed by atoms with E-state index in [1.807, 2.05) is 0 Å². The summed E-state index contributed by atoms with van der Waals surface area (Å²) in [6.45, 7) is 10.5. The van der Waals surface area contributed by atoms with E-state index in [1.165, 1.54) is 20.6 Å². The summed E-state index contributed by atoms with van der Waals surface area (Å²) in [6, 6.07) is -1.46. The lowest BCUT2D eigenvalue weighted by atomic mass is 10.2. The van der Waals surface area contributed by atoms with Crippen molar-refractivity contribution in [3.8, 4) is 0 Å². The molecule has 232 valence electrons. The molecule has 2 N–H and O–H groups in total. The van der Waals surface area contributed by atoms with Gasteiger partial charge in [-0.3, -0.25) is 0 Å². The Morgan fingerprint density at radius 3 is 1.44 bits per heavy atom. The number of alkyl carbamates (subject to hydrolysis) is 2. The van der Waals surface area contributed by atoms with Crippen molar-refractivity contribution < 1.29 is 38.1 Å². The van der Waals surface area contributed by atoms with Gasteiger partial charge < -0.3 is 29.6 Å². The van der Waals surface area contributed by atoms with Crippen LogP contribution >= 0.6 is 72.2 Å². The summed E-state index contributed by atoms with van der Waals surface area (Å²) in [5.41, 5.74) is -1.19. The van der Waals surface area contributed by atoms with E-state index in [9.17, 15) is 19.2 Å². The number of hydrogen-bond acceptors (Lipinski definition) is 10. The Balaban J connectivity index is -0.000000576. The average Bonchev–Trinajstić information content (AvgIpc) is 2.82. The highest BCUT2D eigenvalue weighted by atomic mass is 79.9. The third kappa shape index (κ3) is 30.4. The molecule has 15 heteroatoms. The van der Waals surface area contributed by atoms with E-state index in [-0.39, 0.29) is 5.75 Å². The topological polar surface area (TPSA) is 129 Å². The molecule has 10 nitrogen and oxygen atoms in total.